The van der Waals surface area contributed by atoms with Gasteiger partial charge in [0.25, 0.3) is 5.91 Å². The summed E-state index contributed by atoms with van der Waals surface area (Å²) in [5.41, 5.74) is 10.8. The average Bonchev–Trinajstić information content (AvgIpc) is 2.84. The van der Waals surface area contributed by atoms with Gasteiger partial charge in [0.1, 0.15) is 0 Å². The number of carbonyl (C=O) groups is 3. The molecule has 3 aromatic rings. The van der Waals surface area contributed by atoms with Crippen LogP contribution in [-0.2, 0) is 13.0 Å². The molecule has 0 fully saturated rings. The highest BCUT2D eigenvalue weighted by atomic mass is 16.2. The maximum absolute atomic E-state index is 12.9. The molecule has 0 saturated carbocycles. The molecule has 4 amide bonds. The first-order chi connectivity index (χ1) is 16.8. The number of fused-ring (bicyclic) bond motifs is 1. The quantitative estimate of drug-likeness (QED) is 0.436. The minimum Gasteiger partial charge on any atom is -0.366 e. The van der Waals surface area contributed by atoms with Crippen molar-refractivity contribution >= 4 is 29.2 Å². The van der Waals surface area contributed by atoms with Crippen molar-refractivity contribution in [1.82, 2.24) is 10.2 Å². The van der Waals surface area contributed by atoms with Gasteiger partial charge in [0, 0.05) is 35.6 Å². The van der Waals surface area contributed by atoms with E-state index in [1.54, 1.807) is 42.5 Å². The fourth-order valence-corrected chi connectivity index (χ4v) is 4.09. The highest BCUT2D eigenvalue weighted by molar-refractivity contribution is 6.04. The van der Waals surface area contributed by atoms with Crippen LogP contribution in [0.2, 0.25) is 0 Å². The summed E-state index contributed by atoms with van der Waals surface area (Å²) in [5, 5.41) is 8.57. The summed E-state index contributed by atoms with van der Waals surface area (Å²) in [6, 6.07) is 18.8. The summed E-state index contributed by atoms with van der Waals surface area (Å²) < 4.78 is 0. The van der Waals surface area contributed by atoms with Crippen LogP contribution in [0.25, 0.3) is 0 Å². The molecule has 3 aromatic carbocycles. The van der Waals surface area contributed by atoms with Crippen LogP contribution in [0.5, 0.6) is 0 Å². The van der Waals surface area contributed by atoms with E-state index in [2.05, 4.69) is 34.0 Å². The van der Waals surface area contributed by atoms with E-state index in [0.717, 1.165) is 30.8 Å². The van der Waals surface area contributed by atoms with Gasteiger partial charge in [-0.05, 0) is 85.6 Å². The van der Waals surface area contributed by atoms with E-state index in [1.165, 1.54) is 11.1 Å². The predicted molar refractivity (Wildman–Crippen MR) is 136 cm³/mol. The Morgan fingerprint density at radius 2 is 1.63 bits per heavy atom. The van der Waals surface area contributed by atoms with E-state index in [1.807, 2.05) is 25.1 Å². The number of nitrogens with one attached hydrogen (secondary N) is 3. The molecule has 1 aliphatic heterocycles. The molecule has 0 saturated heterocycles. The van der Waals surface area contributed by atoms with E-state index in [9.17, 15) is 14.4 Å². The van der Waals surface area contributed by atoms with Crippen LogP contribution in [0, 0.1) is 0 Å². The van der Waals surface area contributed by atoms with Crippen molar-refractivity contribution in [2.24, 2.45) is 5.73 Å². The van der Waals surface area contributed by atoms with Crippen LogP contribution < -0.4 is 21.7 Å². The summed E-state index contributed by atoms with van der Waals surface area (Å²) in [7, 11) is 2.09. The zero-order valence-electron chi connectivity index (χ0n) is 19.8. The SMILES string of the molecule is CC(NC(=O)Nc1ccc(C(N)=O)cc1)c1cccc(C(=O)Nc2ccc3c(c2)CN(C)CC3)c1. The molecule has 5 N–H and O–H groups in total. The summed E-state index contributed by atoms with van der Waals surface area (Å²) >= 11 is 0. The molecule has 8 heteroatoms. The molecule has 1 aliphatic rings. The predicted octanol–water partition coefficient (Wildman–Crippen LogP) is 3.91. The topological polar surface area (TPSA) is 117 Å². The van der Waals surface area contributed by atoms with Gasteiger partial charge in [-0.25, -0.2) is 4.79 Å². The summed E-state index contributed by atoms with van der Waals surface area (Å²) in [4.78, 5) is 38.8. The lowest BCUT2D eigenvalue weighted by atomic mass is 9.99. The number of anilines is 2. The minimum absolute atomic E-state index is 0.206. The summed E-state index contributed by atoms with van der Waals surface area (Å²) in [6.45, 7) is 3.75. The molecule has 0 radical (unpaired) electrons. The molecule has 1 atom stereocenters. The number of benzene rings is 3. The Morgan fingerprint density at radius 1 is 0.886 bits per heavy atom. The maximum Gasteiger partial charge on any atom is 0.319 e. The lowest BCUT2D eigenvalue weighted by molar-refractivity contribution is 0.0997. The highest BCUT2D eigenvalue weighted by Gasteiger charge is 2.16. The fraction of sp³-hybridized carbons (Fsp3) is 0.222. The molecule has 1 unspecified atom stereocenters. The largest absolute Gasteiger partial charge is 0.366 e. The second-order valence-corrected chi connectivity index (χ2v) is 8.81. The van der Waals surface area contributed by atoms with Crippen molar-refractivity contribution in [3.05, 3.63) is 94.5 Å². The second kappa shape index (κ2) is 10.4. The van der Waals surface area contributed by atoms with E-state index in [0.29, 0.717) is 16.8 Å². The Balaban J connectivity index is 1.38. The number of nitrogens with zero attached hydrogens (tertiary/aromatic N) is 1. The third-order valence-electron chi connectivity index (χ3n) is 6.09. The fourth-order valence-electron chi connectivity index (χ4n) is 4.09. The maximum atomic E-state index is 12.9. The zero-order valence-corrected chi connectivity index (χ0v) is 19.8. The monoisotopic (exact) mass is 471 g/mol. The van der Waals surface area contributed by atoms with E-state index in [4.69, 9.17) is 5.73 Å². The lowest BCUT2D eigenvalue weighted by Crippen LogP contribution is -2.31. The molecule has 0 spiro atoms. The van der Waals surface area contributed by atoms with Crippen LogP contribution >= 0.6 is 0 Å². The van der Waals surface area contributed by atoms with Crippen molar-refractivity contribution in [1.29, 1.82) is 0 Å². The molecular formula is C27H29N5O3. The first-order valence-corrected chi connectivity index (χ1v) is 11.5. The first-order valence-electron chi connectivity index (χ1n) is 11.5. The van der Waals surface area contributed by atoms with E-state index < -0.39 is 11.9 Å². The molecule has 35 heavy (non-hydrogen) atoms. The standard InChI is InChI=1S/C27H29N5O3/c1-17(29-27(35)31-23-9-7-19(8-10-23)25(28)33)20-4-3-5-21(14-20)26(34)30-24-11-6-18-12-13-32(2)16-22(18)15-24/h3-11,14-15,17H,12-13,16H2,1-2H3,(H2,28,33)(H,30,34)(H2,29,31,35). The molecule has 8 nitrogen and oxygen atoms in total. The van der Waals surface area contributed by atoms with Crippen molar-refractivity contribution in [2.45, 2.75) is 25.9 Å². The Bertz CT molecular complexity index is 1260. The molecule has 0 bridgehead atoms. The molecular weight excluding hydrogens is 442 g/mol. The first kappa shape index (κ1) is 24.0. The van der Waals surface area contributed by atoms with Crippen molar-refractivity contribution in [2.75, 3.05) is 24.2 Å². The normalized spacial score (nSPS) is 13.9. The zero-order chi connectivity index (χ0) is 24.9. The Labute approximate surface area is 204 Å². The summed E-state index contributed by atoms with van der Waals surface area (Å²) in [6.07, 6.45) is 1.01. The molecule has 4 rings (SSSR count). The Morgan fingerprint density at radius 3 is 2.37 bits per heavy atom. The van der Waals surface area contributed by atoms with Gasteiger partial charge < -0.3 is 26.6 Å². The van der Waals surface area contributed by atoms with Gasteiger partial charge in [-0.3, -0.25) is 9.59 Å². The summed E-state index contributed by atoms with van der Waals surface area (Å²) in [5.74, 6) is -0.736. The minimum atomic E-state index is -0.530. The van der Waals surface area contributed by atoms with Gasteiger partial charge in [-0.15, -0.1) is 0 Å². The molecule has 0 aromatic heterocycles. The van der Waals surface area contributed by atoms with Crippen molar-refractivity contribution < 1.29 is 14.4 Å². The van der Waals surface area contributed by atoms with Crippen molar-refractivity contribution in [3.8, 4) is 0 Å². The smallest absolute Gasteiger partial charge is 0.319 e. The van der Waals surface area contributed by atoms with E-state index in [-0.39, 0.29) is 11.9 Å². The number of primary amides is 1. The van der Waals surface area contributed by atoms with Crippen LogP contribution in [-0.4, -0.2) is 36.3 Å². The van der Waals surface area contributed by atoms with Gasteiger partial charge in [-0.2, -0.15) is 0 Å². The van der Waals surface area contributed by atoms with Gasteiger partial charge in [0.15, 0.2) is 0 Å². The number of nitrogens with two attached hydrogens (primary N) is 1. The molecule has 0 aliphatic carbocycles. The average molecular weight is 472 g/mol. The highest BCUT2D eigenvalue weighted by Crippen LogP contribution is 2.23. The Hall–Kier alpha value is -4.17. The number of carbonyl (C=O) groups excluding carboxylic acids is 3. The van der Waals surface area contributed by atoms with Crippen LogP contribution in [0.15, 0.2) is 66.7 Å². The third kappa shape index (κ3) is 6.04. The number of amides is 4. The van der Waals surface area contributed by atoms with Crippen molar-refractivity contribution in [3.63, 3.8) is 0 Å². The van der Waals surface area contributed by atoms with E-state index >= 15 is 0 Å². The van der Waals surface area contributed by atoms with Gasteiger partial charge in [-0.1, -0.05) is 18.2 Å². The van der Waals surface area contributed by atoms with Crippen LogP contribution in [0.4, 0.5) is 16.2 Å². The lowest BCUT2D eigenvalue weighted by Gasteiger charge is -2.25. The number of likely N-dealkylation sites (N-methyl/N-ethyl adjacent to an activating group) is 1. The number of rotatable bonds is 6. The van der Waals surface area contributed by atoms with Crippen LogP contribution in [0.3, 0.4) is 0 Å². The molecule has 1 heterocycles. The van der Waals surface area contributed by atoms with Gasteiger partial charge in [0.2, 0.25) is 5.91 Å². The third-order valence-corrected chi connectivity index (χ3v) is 6.09. The number of hydrogen-bond acceptors (Lipinski definition) is 4. The second-order valence-electron chi connectivity index (χ2n) is 8.81. The van der Waals surface area contributed by atoms with Gasteiger partial charge >= 0.3 is 6.03 Å². The van der Waals surface area contributed by atoms with Gasteiger partial charge in [0.05, 0.1) is 6.04 Å². The number of urea groups is 1. The Kier molecular flexibility index (Phi) is 7.12. The van der Waals surface area contributed by atoms with Crippen LogP contribution in [0.1, 0.15) is 50.4 Å². The molecule has 180 valence electrons. The number of hydrogen-bond donors (Lipinski definition) is 4.